The highest BCUT2D eigenvalue weighted by Crippen LogP contribution is 2.43. The van der Waals surface area contributed by atoms with E-state index in [4.69, 9.17) is 0 Å². The van der Waals surface area contributed by atoms with Crippen LogP contribution in [0.25, 0.3) is 55.3 Å². The molecule has 0 radical (unpaired) electrons. The lowest BCUT2D eigenvalue weighted by molar-refractivity contribution is 1.28. The molecular weight excluding hydrogens is 935 g/mol. The average Bonchev–Trinajstić information content (AvgIpc) is 3.54. The fraction of sp³-hybridized carbons (Fsp3) is 0.0278. The molecule has 1 aliphatic rings. The molecule has 0 fully saturated rings. The smallest absolute Gasteiger partial charge is 0.113 e. The summed E-state index contributed by atoms with van der Waals surface area (Å²) in [5, 5.41) is 5.58. The van der Waals surface area contributed by atoms with Crippen molar-refractivity contribution >= 4 is 80.4 Å². The van der Waals surface area contributed by atoms with Gasteiger partial charge in [-0.2, -0.15) is 0 Å². The van der Waals surface area contributed by atoms with Crippen LogP contribution in [0.3, 0.4) is 0 Å². The molecule has 76 heavy (non-hydrogen) atoms. The highest BCUT2D eigenvalue weighted by atomic mass is 28.3. The summed E-state index contributed by atoms with van der Waals surface area (Å²) in [5.74, 6) is 0. The van der Waals surface area contributed by atoms with E-state index in [1.165, 1.54) is 65.7 Å². The molecule has 1 aliphatic heterocycles. The normalized spacial score (nSPS) is 12.2. The first-order valence-electron chi connectivity index (χ1n) is 26.2. The van der Waals surface area contributed by atoms with E-state index < -0.39 is 8.07 Å². The molecule has 0 spiro atoms. The molecule has 362 valence electrons. The number of benzene rings is 12. The zero-order chi connectivity index (χ0) is 51.0. The fourth-order valence-electron chi connectivity index (χ4n) is 11.4. The lowest BCUT2D eigenvalue weighted by Gasteiger charge is -2.35. The van der Waals surface area contributed by atoms with Crippen molar-refractivity contribution in [2.24, 2.45) is 0 Å². The monoisotopic (exact) mass is 989 g/mol. The number of nitrogens with zero attached hydrogens (tertiary/aromatic N) is 3. The third-order valence-corrected chi connectivity index (χ3v) is 18.7. The Hall–Kier alpha value is -9.48. The topological polar surface area (TPSA) is 9.72 Å². The van der Waals surface area contributed by atoms with Gasteiger partial charge in [0.1, 0.15) is 8.07 Å². The van der Waals surface area contributed by atoms with Crippen LogP contribution in [-0.2, 0) is 0 Å². The highest BCUT2D eigenvalue weighted by molar-refractivity contribution is 7.03. The van der Waals surface area contributed by atoms with E-state index >= 15 is 0 Å². The van der Waals surface area contributed by atoms with Gasteiger partial charge < -0.3 is 14.7 Å². The Morgan fingerprint density at radius 1 is 0.224 bits per heavy atom. The zero-order valence-corrected chi connectivity index (χ0v) is 43.6. The number of fused-ring (bicyclic) bond motifs is 2. The summed E-state index contributed by atoms with van der Waals surface area (Å²) in [6.45, 7) is 5.10. The average molecular weight is 990 g/mol. The van der Waals surface area contributed by atoms with E-state index in [9.17, 15) is 0 Å². The molecule has 0 aromatic heterocycles. The summed E-state index contributed by atoms with van der Waals surface area (Å²) in [5.41, 5.74) is 20.0. The predicted molar refractivity (Wildman–Crippen MR) is 326 cm³/mol. The number of anilines is 9. The molecule has 0 saturated heterocycles. The summed E-state index contributed by atoms with van der Waals surface area (Å²) in [6, 6.07) is 108. The largest absolute Gasteiger partial charge is 0.311 e. The minimum Gasteiger partial charge on any atom is -0.311 e. The third kappa shape index (κ3) is 8.65. The second-order valence-electron chi connectivity index (χ2n) is 20.2. The minimum atomic E-state index is -2.33. The van der Waals surface area contributed by atoms with Crippen LogP contribution >= 0.6 is 0 Å². The number of hydrogen-bond acceptors (Lipinski definition) is 3. The van der Waals surface area contributed by atoms with Gasteiger partial charge in [0, 0.05) is 51.2 Å². The van der Waals surface area contributed by atoms with Gasteiger partial charge in [-0.1, -0.05) is 183 Å². The van der Waals surface area contributed by atoms with Gasteiger partial charge in [-0.15, -0.1) is 0 Å². The standard InChI is InChI=1S/C72H55N3Si/c1-76(2)70-50-55(52-33-40-65(41-34-52)73(59-21-9-3-10-22-59)60-23-11-4-12-24-60)39-46-68(70)69-49-56(53-35-42-66(43-36-53)74(61-25-13-5-14-26-61)62-27-15-6-16-28-62)47-58-48-57(51-71(76)72(58)69)54-37-44-67(45-38-54)75(63-29-17-7-18-30-63)64-31-19-8-20-32-64/h3-51H,1-2H3. The van der Waals surface area contributed by atoms with Crippen molar-refractivity contribution in [2.75, 3.05) is 14.7 Å². The first-order chi connectivity index (χ1) is 37.4. The van der Waals surface area contributed by atoms with E-state index in [2.05, 4.69) is 325 Å². The number of para-hydroxylation sites is 6. The molecule has 0 amide bonds. The van der Waals surface area contributed by atoms with Crippen LogP contribution in [0.1, 0.15) is 0 Å². The SMILES string of the molecule is C[Si]1(C)c2cc(-c3ccc(N(c4ccccc4)c4ccccc4)cc3)ccc2-c2cc(-c3ccc(N(c4ccccc4)c4ccccc4)cc3)cc3cc(-c4ccc(N(c5ccccc5)c5ccccc5)cc4)cc1c23. The van der Waals surface area contributed by atoms with Crippen LogP contribution in [0.15, 0.2) is 297 Å². The first-order valence-corrected chi connectivity index (χ1v) is 29.2. The van der Waals surface area contributed by atoms with Crippen molar-refractivity contribution in [1.82, 2.24) is 0 Å². The molecule has 0 N–H and O–H groups in total. The summed E-state index contributed by atoms with van der Waals surface area (Å²) >= 11 is 0. The quantitative estimate of drug-likeness (QED) is 0.113. The van der Waals surface area contributed by atoms with Crippen molar-refractivity contribution in [3.63, 3.8) is 0 Å². The summed E-state index contributed by atoms with van der Waals surface area (Å²) in [7, 11) is -2.33. The first kappa shape index (κ1) is 46.3. The molecule has 12 aromatic rings. The van der Waals surface area contributed by atoms with E-state index in [1.807, 2.05) is 0 Å². The summed E-state index contributed by atoms with van der Waals surface area (Å²) in [4.78, 5) is 6.98. The zero-order valence-electron chi connectivity index (χ0n) is 42.6. The van der Waals surface area contributed by atoms with E-state index in [1.54, 1.807) is 0 Å². The third-order valence-electron chi connectivity index (χ3n) is 15.2. The Balaban J connectivity index is 0.929. The van der Waals surface area contributed by atoms with Crippen LogP contribution in [0, 0.1) is 0 Å². The Labute approximate surface area is 447 Å². The van der Waals surface area contributed by atoms with E-state index in [-0.39, 0.29) is 0 Å². The van der Waals surface area contributed by atoms with Gasteiger partial charge in [0.25, 0.3) is 0 Å². The maximum absolute atomic E-state index is 2.55. The Morgan fingerprint density at radius 3 is 0.842 bits per heavy atom. The minimum absolute atomic E-state index is 1.11. The van der Waals surface area contributed by atoms with E-state index in [0.717, 1.165) is 51.2 Å². The van der Waals surface area contributed by atoms with Gasteiger partial charge in [0.15, 0.2) is 0 Å². The second kappa shape index (κ2) is 19.7. The van der Waals surface area contributed by atoms with Gasteiger partial charge in [0.2, 0.25) is 0 Å². The molecule has 0 atom stereocenters. The fourth-order valence-corrected chi connectivity index (χ4v) is 14.5. The molecule has 0 saturated carbocycles. The van der Waals surface area contributed by atoms with Crippen LogP contribution in [0.4, 0.5) is 51.2 Å². The summed E-state index contributed by atoms with van der Waals surface area (Å²) < 4.78 is 0. The lowest BCUT2D eigenvalue weighted by atomic mass is 9.89. The Bertz CT molecular complexity index is 3840. The van der Waals surface area contributed by atoms with Gasteiger partial charge in [-0.3, -0.25) is 0 Å². The molecular formula is C72H55N3Si. The molecule has 3 nitrogen and oxygen atoms in total. The molecule has 0 aliphatic carbocycles. The maximum Gasteiger partial charge on any atom is 0.113 e. The predicted octanol–water partition coefficient (Wildman–Crippen LogP) is 19.1. The summed E-state index contributed by atoms with van der Waals surface area (Å²) in [6.07, 6.45) is 0. The molecule has 0 bridgehead atoms. The molecule has 0 unspecified atom stereocenters. The van der Waals surface area contributed by atoms with Gasteiger partial charge in [-0.05, 0) is 193 Å². The maximum atomic E-state index is 2.55. The highest BCUT2D eigenvalue weighted by Gasteiger charge is 2.36. The van der Waals surface area contributed by atoms with Crippen molar-refractivity contribution in [3.8, 4) is 44.5 Å². The molecule has 4 heteroatoms. The van der Waals surface area contributed by atoms with Crippen molar-refractivity contribution in [2.45, 2.75) is 13.1 Å². The van der Waals surface area contributed by atoms with Crippen molar-refractivity contribution < 1.29 is 0 Å². The number of rotatable bonds is 12. The Morgan fingerprint density at radius 2 is 0.500 bits per heavy atom. The van der Waals surface area contributed by atoms with Crippen LogP contribution in [0.5, 0.6) is 0 Å². The van der Waals surface area contributed by atoms with Gasteiger partial charge in [0.05, 0.1) is 0 Å². The van der Waals surface area contributed by atoms with Crippen molar-refractivity contribution in [1.29, 1.82) is 0 Å². The molecule has 1 heterocycles. The number of hydrogen-bond donors (Lipinski definition) is 0. The second-order valence-corrected chi connectivity index (χ2v) is 24.5. The van der Waals surface area contributed by atoms with Gasteiger partial charge >= 0.3 is 0 Å². The van der Waals surface area contributed by atoms with Gasteiger partial charge in [-0.25, -0.2) is 0 Å². The van der Waals surface area contributed by atoms with E-state index in [0.29, 0.717) is 0 Å². The lowest BCUT2D eigenvalue weighted by Crippen LogP contribution is -2.56. The van der Waals surface area contributed by atoms with Crippen LogP contribution in [0.2, 0.25) is 13.1 Å². The molecule has 13 rings (SSSR count). The van der Waals surface area contributed by atoms with Crippen LogP contribution in [-0.4, -0.2) is 8.07 Å². The van der Waals surface area contributed by atoms with Crippen LogP contribution < -0.4 is 25.1 Å². The van der Waals surface area contributed by atoms with Crippen molar-refractivity contribution in [3.05, 3.63) is 297 Å². The molecule has 12 aromatic carbocycles. The Kier molecular flexibility index (Phi) is 12.0.